The third-order valence-corrected chi connectivity index (χ3v) is 2.33. The minimum atomic E-state index is -0.290. The van der Waals surface area contributed by atoms with E-state index in [9.17, 15) is 4.79 Å². The normalized spacial score (nSPS) is 9.44. The predicted octanol–water partition coefficient (Wildman–Crippen LogP) is 2.18. The van der Waals surface area contributed by atoms with Crippen molar-refractivity contribution in [2.75, 3.05) is 19.8 Å². The lowest BCUT2D eigenvalue weighted by Crippen LogP contribution is -2.07. The molecule has 0 aliphatic carbocycles. The molecule has 0 fully saturated rings. The number of hydrogen-bond acceptors (Lipinski definition) is 3. The Balaban J connectivity index is 2.31. The van der Waals surface area contributed by atoms with Gasteiger partial charge in [-0.2, -0.15) is 0 Å². The van der Waals surface area contributed by atoms with Crippen molar-refractivity contribution >= 4 is 5.97 Å². The van der Waals surface area contributed by atoms with Gasteiger partial charge in [0.25, 0.3) is 0 Å². The second-order valence-electron chi connectivity index (χ2n) is 3.71. The zero-order valence-electron chi connectivity index (χ0n) is 10.9. The second kappa shape index (κ2) is 8.32. The van der Waals surface area contributed by atoms with Crippen LogP contribution in [0, 0.1) is 11.8 Å². The molecule has 1 rings (SSSR count). The third-order valence-electron chi connectivity index (χ3n) is 2.33. The lowest BCUT2D eigenvalue weighted by molar-refractivity contribution is -0.142. The molecule has 0 saturated heterocycles. The summed E-state index contributed by atoms with van der Waals surface area (Å²) in [6.07, 6.45) is 0.970. The number of benzene rings is 1. The standard InChI is InChI=1S/C15H18O3/c1-3-14-7-4-5-8-15(14)9-6-10-17-11-12-18-13(2)16/h4-5,7-8H,3,10-12H2,1-2H3. The maximum atomic E-state index is 10.5. The first-order valence-corrected chi connectivity index (χ1v) is 6.02. The van der Waals surface area contributed by atoms with Crippen molar-refractivity contribution in [3.05, 3.63) is 35.4 Å². The van der Waals surface area contributed by atoms with Crippen LogP contribution in [0.5, 0.6) is 0 Å². The molecule has 0 bridgehead atoms. The zero-order valence-corrected chi connectivity index (χ0v) is 10.9. The van der Waals surface area contributed by atoms with Crippen molar-refractivity contribution in [3.63, 3.8) is 0 Å². The van der Waals surface area contributed by atoms with Crippen molar-refractivity contribution in [2.45, 2.75) is 20.3 Å². The van der Waals surface area contributed by atoms with E-state index in [1.165, 1.54) is 12.5 Å². The van der Waals surface area contributed by atoms with Crippen LogP contribution in [-0.2, 0) is 20.7 Å². The number of carbonyl (C=O) groups excluding carboxylic acids is 1. The van der Waals surface area contributed by atoms with Crippen LogP contribution in [0.15, 0.2) is 24.3 Å². The highest BCUT2D eigenvalue weighted by molar-refractivity contribution is 5.65. The molecule has 96 valence electrons. The molecule has 3 heteroatoms. The van der Waals surface area contributed by atoms with Crippen LogP contribution in [0.1, 0.15) is 25.0 Å². The third kappa shape index (κ3) is 5.51. The Hall–Kier alpha value is -1.79. The Labute approximate surface area is 108 Å². The number of esters is 1. The fourth-order valence-electron chi connectivity index (χ4n) is 1.45. The summed E-state index contributed by atoms with van der Waals surface area (Å²) in [5.41, 5.74) is 2.29. The van der Waals surface area contributed by atoms with Crippen LogP contribution in [0.4, 0.5) is 0 Å². The van der Waals surface area contributed by atoms with Gasteiger partial charge in [-0.1, -0.05) is 37.0 Å². The molecule has 0 aromatic heterocycles. The number of ether oxygens (including phenoxy) is 2. The highest BCUT2D eigenvalue weighted by Gasteiger charge is 1.94. The minimum absolute atomic E-state index is 0.280. The Morgan fingerprint density at radius 3 is 2.78 bits per heavy atom. The fraction of sp³-hybridized carbons (Fsp3) is 0.400. The van der Waals surface area contributed by atoms with Gasteiger partial charge in [0.1, 0.15) is 13.2 Å². The molecule has 0 N–H and O–H groups in total. The molecular weight excluding hydrogens is 228 g/mol. The first kappa shape index (κ1) is 14.3. The summed E-state index contributed by atoms with van der Waals surface area (Å²) in [5.74, 6) is 5.74. The molecule has 0 aliphatic rings. The van der Waals surface area contributed by atoms with Crippen molar-refractivity contribution in [1.82, 2.24) is 0 Å². The van der Waals surface area contributed by atoms with E-state index in [2.05, 4.69) is 24.8 Å². The monoisotopic (exact) mass is 246 g/mol. The van der Waals surface area contributed by atoms with E-state index in [1.807, 2.05) is 18.2 Å². The summed E-state index contributed by atoms with van der Waals surface area (Å²) >= 11 is 0. The van der Waals surface area contributed by atoms with Crippen LogP contribution in [0.25, 0.3) is 0 Å². The van der Waals surface area contributed by atoms with Crippen LogP contribution >= 0.6 is 0 Å². The van der Waals surface area contributed by atoms with Crippen LogP contribution in [0.3, 0.4) is 0 Å². The van der Waals surface area contributed by atoms with Gasteiger partial charge in [-0.15, -0.1) is 0 Å². The SMILES string of the molecule is CCc1ccccc1C#CCOCCOC(C)=O. The van der Waals surface area contributed by atoms with Gasteiger partial charge in [-0.25, -0.2) is 0 Å². The molecule has 1 aromatic carbocycles. The van der Waals surface area contributed by atoms with E-state index >= 15 is 0 Å². The molecular formula is C15H18O3. The van der Waals surface area contributed by atoms with Crippen LogP contribution in [-0.4, -0.2) is 25.8 Å². The lowest BCUT2D eigenvalue weighted by Gasteiger charge is -2.01. The van der Waals surface area contributed by atoms with Crippen molar-refractivity contribution in [2.24, 2.45) is 0 Å². The van der Waals surface area contributed by atoms with Gasteiger partial charge in [-0.05, 0) is 18.1 Å². The van der Waals surface area contributed by atoms with Gasteiger partial charge in [0.05, 0.1) is 6.61 Å². The molecule has 0 saturated carbocycles. The number of rotatable bonds is 5. The smallest absolute Gasteiger partial charge is 0.302 e. The molecule has 0 amide bonds. The first-order chi connectivity index (χ1) is 8.74. The molecule has 3 nitrogen and oxygen atoms in total. The van der Waals surface area contributed by atoms with E-state index in [1.54, 1.807) is 0 Å². The Morgan fingerprint density at radius 1 is 1.28 bits per heavy atom. The van der Waals surface area contributed by atoms with Gasteiger partial charge in [0, 0.05) is 12.5 Å². The summed E-state index contributed by atoms with van der Waals surface area (Å²) in [7, 11) is 0. The van der Waals surface area contributed by atoms with E-state index in [0.717, 1.165) is 12.0 Å². The Bertz CT molecular complexity index is 441. The largest absolute Gasteiger partial charge is 0.463 e. The summed E-state index contributed by atoms with van der Waals surface area (Å²) < 4.78 is 9.96. The minimum Gasteiger partial charge on any atom is -0.463 e. The Morgan fingerprint density at radius 2 is 2.06 bits per heavy atom. The second-order valence-corrected chi connectivity index (χ2v) is 3.71. The molecule has 0 spiro atoms. The van der Waals surface area contributed by atoms with Gasteiger partial charge >= 0.3 is 5.97 Å². The summed E-state index contributed by atoms with van der Waals surface area (Å²) in [6.45, 7) is 4.49. The van der Waals surface area contributed by atoms with E-state index in [-0.39, 0.29) is 12.6 Å². The molecule has 1 aromatic rings. The fourth-order valence-corrected chi connectivity index (χ4v) is 1.45. The summed E-state index contributed by atoms with van der Waals surface area (Å²) in [6, 6.07) is 8.07. The van der Waals surface area contributed by atoms with Gasteiger partial charge in [0.2, 0.25) is 0 Å². The number of hydrogen-bond donors (Lipinski definition) is 0. The molecule has 0 aliphatic heterocycles. The summed E-state index contributed by atoms with van der Waals surface area (Å²) in [5, 5.41) is 0. The number of carbonyl (C=O) groups is 1. The van der Waals surface area contributed by atoms with Crippen LogP contribution in [0.2, 0.25) is 0 Å². The quantitative estimate of drug-likeness (QED) is 0.454. The average molecular weight is 246 g/mol. The number of aryl methyl sites for hydroxylation is 1. The highest BCUT2D eigenvalue weighted by Crippen LogP contribution is 2.07. The van der Waals surface area contributed by atoms with Crippen molar-refractivity contribution < 1.29 is 14.3 Å². The average Bonchev–Trinajstić information content (AvgIpc) is 2.37. The molecule has 0 heterocycles. The Kier molecular flexibility index (Phi) is 6.60. The van der Waals surface area contributed by atoms with E-state index in [4.69, 9.17) is 9.47 Å². The van der Waals surface area contributed by atoms with E-state index < -0.39 is 0 Å². The lowest BCUT2D eigenvalue weighted by atomic mass is 10.1. The maximum absolute atomic E-state index is 10.5. The first-order valence-electron chi connectivity index (χ1n) is 6.02. The molecule has 0 atom stereocenters. The highest BCUT2D eigenvalue weighted by atomic mass is 16.6. The van der Waals surface area contributed by atoms with E-state index in [0.29, 0.717) is 13.2 Å². The maximum Gasteiger partial charge on any atom is 0.302 e. The van der Waals surface area contributed by atoms with Crippen molar-refractivity contribution in [1.29, 1.82) is 0 Å². The van der Waals surface area contributed by atoms with Gasteiger partial charge in [0.15, 0.2) is 0 Å². The summed E-state index contributed by atoms with van der Waals surface area (Å²) in [4.78, 5) is 10.5. The van der Waals surface area contributed by atoms with Gasteiger partial charge < -0.3 is 9.47 Å². The topological polar surface area (TPSA) is 35.5 Å². The van der Waals surface area contributed by atoms with Gasteiger partial charge in [-0.3, -0.25) is 4.79 Å². The van der Waals surface area contributed by atoms with Crippen molar-refractivity contribution in [3.8, 4) is 11.8 Å². The van der Waals surface area contributed by atoms with Crippen LogP contribution < -0.4 is 0 Å². The molecule has 18 heavy (non-hydrogen) atoms. The molecule has 0 radical (unpaired) electrons. The zero-order chi connectivity index (χ0) is 13.2. The molecule has 0 unspecified atom stereocenters. The predicted molar refractivity (Wildman–Crippen MR) is 70.2 cm³/mol.